The molecule has 1 aliphatic rings. The highest BCUT2D eigenvalue weighted by molar-refractivity contribution is 5.98. The minimum absolute atomic E-state index is 0.234. The molecule has 2 unspecified atom stereocenters. The van der Waals surface area contributed by atoms with E-state index >= 15 is 0 Å². The molecule has 0 spiro atoms. The van der Waals surface area contributed by atoms with Crippen molar-refractivity contribution in [3.8, 4) is 5.75 Å². The van der Waals surface area contributed by atoms with Crippen molar-refractivity contribution >= 4 is 17.6 Å². The summed E-state index contributed by atoms with van der Waals surface area (Å²) in [5, 5.41) is 11.4. The first-order valence-electron chi connectivity index (χ1n) is 5.29. The van der Waals surface area contributed by atoms with Crippen LogP contribution in [0.15, 0.2) is 24.3 Å². The van der Waals surface area contributed by atoms with Crippen LogP contribution in [0.2, 0.25) is 0 Å². The molecule has 2 rings (SSSR count). The summed E-state index contributed by atoms with van der Waals surface area (Å²) in [6.45, 7) is 0. The predicted octanol–water partition coefficient (Wildman–Crippen LogP) is 1.35. The molecule has 0 heterocycles. The van der Waals surface area contributed by atoms with E-state index in [1.54, 1.807) is 31.4 Å². The van der Waals surface area contributed by atoms with E-state index in [1.165, 1.54) is 0 Å². The number of carbonyl (C=O) groups excluding carboxylic acids is 1. The van der Waals surface area contributed by atoms with Gasteiger partial charge in [0.1, 0.15) is 5.75 Å². The van der Waals surface area contributed by atoms with Gasteiger partial charge in [-0.1, -0.05) is 0 Å². The molecule has 17 heavy (non-hydrogen) atoms. The average Bonchev–Trinajstić information content (AvgIpc) is 3.10. The zero-order valence-electron chi connectivity index (χ0n) is 9.34. The molecule has 2 atom stereocenters. The van der Waals surface area contributed by atoms with Crippen LogP contribution in [0.25, 0.3) is 0 Å². The Balaban J connectivity index is 1.93. The normalized spacial score (nSPS) is 21.7. The predicted molar refractivity (Wildman–Crippen MR) is 60.9 cm³/mol. The van der Waals surface area contributed by atoms with Gasteiger partial charge in [-0.05, 0) is 30.7 Å². The standard InChI is InChI=1S/C12H13NO4/c1-17-8-4-2-7(3-5-8)13-11(14)9-6-10(9)12(15)16/h2-5,9-10H,6H2,1H3,(H,13,14)(H,15,16). The largest absolute Gasteiger partial charge is 0.497 e. The van der Waals surface area contributed by atoms with Crippen molar-refractivity contribution < 1.29 is 19.4 Å². The maximum atomic E-state index is 11.6. The monoisotopic (exact) mass is 235 g/mol. The number of ether oxygens (including phenoxy) is 1. The zero-order valence-corrected chi connectivity index (χ0v) is 9.34. The van der Waals surface area contributed by atoms with Crippen molar-refractivity contribution in [2.24, 2.45) is 11.8 Å². The van der Waals surface area contributed by atoms with Crippen LogP contribution in [0.1, 0.15) is 6.42 Å². The van der Waals surface area contributed by atoms with Crippen LogP contribution in [0.3, 0.4) is 0 Å². The minimum atomic E-state index is -0.903. The quantitative estimate of drug-likeness (QED) is 0.826. The highest BCUT2D eigenvalue weighted by Gasteiger charge is 2.48. The SMILES string of the molecule is COc1ccc(NC(=O)C2CC2C(=O)O)cc1. The topological polar surface area (TPSA) is 75.6 Å². The van der Waals surface area contributed by atoms with Gasteiger partial charge in [0, 0.05) is 5.69 Å². The fourth-order valence-electron chi connectivity index (χ4n) is 1.67. The molecular weight excluding hydrogens is 222 g/mol. The second-order valence-corrected chi connectivity index (χ2v) is 4.00. The molecule has 1 aliphatic carbocycles. The van der Waals surface area contributed by atoms with Gasteiger partial charge in [-0.15, -0.1) is 0 Å². The molecule has 90 valence electrons. The van der Waals surface area contributed by atoms with E-state index in [0.717, 1.165) is 0 Å². The zero-order chi connectivity index (χ0) is 12.4. The molecule has 0 aliphatic heterocycles. The van der Waals surface area contributed by atoms with E-state index in [-0.39, 0.29) is 5.91 Å². The van der Waals surface area contributed by atoms with Crippen molar-refractivity contribution in [3.05, 3.63) is 24.3 Å². The fraction of sp³-hybridized carbons (Fsp3) is 0.333. The number of nitrogens with one attached hydrogen (secondary N) is 1. The molecule has 0 bridgehead atoms. The maximum absolute atomic E-state index is 11.6. The lowest BCUT2D eigenvalue weighted by Crippen LogP contribution is -2.16. The molecule has 1 fully saturated rings. The Morgan fingerprint density at radius 1 is 1.29 bits per heavy atom. The second-order valence-electron chi connectivity index (χ2n) is 4.00. The van der Waals surface area contributed by atoms with Crippen molar-refractivity contribution in [1.82, 2.24) is 0 Å². The molecule has 0 radical (unpaired) electrons. The van der Waals surface area contributed by atoms with Gasteiger partial charge >= 0.3 is 5.97 Å². The Bertz CT molecular complexity index is 440. The van der Waals surface area contributed by atoms with Gasteiger partial charge in [-0.25, -0.2) is 0 Å². The Kier molecular flexibility index (Phi) is 2.99. The third-order valence-corrected chi connectivity index (χ3v) is 2.80. The number of hydrogen-bond donors (Lipinski definition) is 2. The van der Waals surface area contributed by atoms with Crippen LogP contribution >= 0.6 is 0 Å². The number of hydrogen-bond acceptors (Lipinski definition) is 3. The summed E-state index contributed by atoms with van der Waals surface area (Å²) >= 11 is 0. The molecule has 1 aromatic carbocycles. The molecule has 2 N–H and O–H groups in total. The van der Waals surface area contributed by atoms with E-state index in [4.69, 9.17) is 9.84 Å². The second kappa shape index (κ2) is 4.45. The summed E-state index contributed by atoms with van der Waals surface area (Å²) in [7, 11) is 1.56. The minimum Gasteiger partial charge on any atom is -0.497 e. The number of carbonyl (C=O) groups is 2. The lowest BCUT2D eigenvalue weighted by molar-refractivity contribution is -0.139. The summed E-state index contributed by atoms with van der Waals surface area (Å²) in [6, 6.07) is 6.90. The van der Waals surface area contributed by atoms with Gasteiger partial charge in [0.15, 0.2) is 0 Å². The van der Waals surface area contributed by atoms with Crippen LogP contribution in [-0.2, 0) is 9.59 Å². The van der Waals surface area contributed by atoms with Crippen LogP contribution < -0.4 is 10.1 Å². The first kappa shape index (κ1) is 11.4. The molecule has 0 aromatic heterocycles. The van der Waals surface area contributed by atoms with Crippen molar-refractivity contribution in [2.45, 2.75) is 6.42 Å². The summed E-state index contributed by atoms with van der Waals surface area (Å²) in [4.78, 5) is 22.3. The third kappa shape index (κ3) is 2.55. The fourth-order valence-corrected chi connectivity index (χ4v) is 1.67. The van der Waals surface area contributed by atoms with Crippen LogP contribution in [0.4, 0.5) is 5.69 Å². The summed E-state index contributed by atoms with van der Waals surface area (Å²) in [6.07, 6.45) is 0.428. The summed E-state index contributed by atoms with van der Waals surface area (Å²) in [5.41, 5.74) is 0.645. The first-order valence-corrected chi connectivity index (χ1v) is 5.29. The summed E-state index contributed by atoms with van der Waals surface area (Å²) < 4.78 is 4.99. The molecule has 1 aromatic rings. The van der Waals surface area contributed by atoms with Crippen molar-refractivity contribution in [3.63, 3.8) is 0 Å². The Hall–Kier alpha value is -2.04. The molecular formula is C12H13NO4. The highest BCUT2D eigenvalue weighted by atomic mass is 16.5. The van der Waals surface area contributed by atoms with Gasteiger partial charge in [-0.3, -0.25) is 9.59 Å². The number of anilines is 1. The van der Waals surface area contributed by atoms with E-state index in [9.17, 15) is 9.59 Å². The van der Waals surface area contributed by atoms with E-state index in [0.29, 0.717) is 17.9 Å². The van der Waals surface area contributed by atoms with Gasteiger partial charge in [0.05, 0.1) is 18.9 Å². The van der Waals surface area contributed by atoms with E-state index < -0.39 is 17.8 Å². The molecule has 0 saturated heterocycles. The Labute approximate surface area is 98.4 Å². The van der Waals surface area contributed by atoms with Gasteiger partial charge in [-0.2, -0.15) is 0 Å². The first-order chi connectivity index (χ1) is 8.11. The van der Waals surface area contributed by atoms with Crippen LogP contribution in [0.5, 0.6) is 5.75 Å². The third-order valence-electron chi connectivity index (χ3n) is 2.80. The number of carboxylic acids is 1. The number of carboxylic acid groups (broad SMARTS) is 1. The maximum Gasteiger partial charge on any atom is 0.307 e. The molecule has 1 saturated carbocycles. The molecule has 5 heteroatoms. The van der Waals surface area contributed by atoms with Crippen molar-refractivity contribution in [2.75, 3.05) is 12.4 Å². The number of methoxy groups -OCH3 is 1. The smallest absolute Gasteiger partial charge is 0.307 e. The van der Waals surface area contributed by atoms with Gasteiger partial charge in [0.25, 0.3) is 0 Å². The van der Waals surface area contributed by atoms with Gasteiger partial charge in [0.2, 0.25) is 5.91 Å². The lowest BCUT2D eigenvalue weighted by atomic mass is 10.2. The average molecular weight is 235 g/mol. The number of rotatable bonds is 4. The highest BCUT2D eigenvalue weighted by Crippen LogP contribution is 2.39. The van der Waals surface area contributed by atoms with Crippen LogP contribution in [0, 0.1) is 11.8 Å². The number of amides is 1. The van der Waals surface area contributed by atoms with E-state index in [2.05, 4.69) is 5.32 Å². The van der Waals surface area contributed by atoms with Crippen molar-refractivity contribution in [1.29, 1.82) is 0 Å². The van der Waals surface area contributed by atoms with Crippen LogP contribution in [-0.4, -0.2) is 24.1 Å². The Morgan fingerprint density at radius 2 is 1.94 bits per heavy atom. The number of benzene rings is 1. The molecule has 5 nitrogen and oxygen atoms in total. The van der Waals surface area contributed by atoms with Gasteiger partial charge < -0.3 is 15.2 Å². The Morgan fingerprint density at radius 3 is 2.41 bits per heavy atom. The van der Waals surface area contributed by atoms with E-state index in [1.807, 2.05) is 0 Å². The summed E-state index contributed by atoms with van der Waals surface area (Å²) in [5.74, 6) is -1.34. The lowest BCUT2D eigenvalue weighted by Gasteiger charge is -2.05. The molecule has 1 amide bonds. The number of aliphatic carboxylic acids is 1.